The fourth-order valence-electron chi connectivity index (χ4n) is 3.54. The third-order valence-corrected chi connectivity index (χ3v) is 5.46. The molecule has 0 bridgehead atoms. The van der Waals surface area contributed by atoms with E-state index in [1.165, 1.54) is 17.0 Å². The molecule has 3 aromatic rings. The van der Waals surface area contributed by atoms with Gasteiger partial charge in [0.25, 0.3) is 0 Å². The van der Waals surface area contributed by atoms with Gasteiger partial charge in [-0.1, -0.05) is 44.7 Å². The highest BCUT2D eigenvalue weighted by molar-refractivity contribution is 5.91. The van der Waals surface area contributed by atoms with E-state index in [9.17, 15) is 19.8 Å². The molecule has 3 N–H and O–H groups in total. The summed E-state index contributed by atoms with van der Waals surface area (Å²) in [6.07, 6.45) is -2.25. The highest BCUT2D eigenvalue weighted by Gasteiger charge is 2.43. The van der Waals surface area contributed by atoms with Crippen molar-refractivity contribution in [2.75, 3.05) is 18.5 Å². The van der Waals surface area contributed by atoms with Gasteiger partial charge in [0.05, 0.1) is 18.5 Å². The second-order valence-electron chi connectivity index (χ2n) is 8.44. The molecule has 0 saturated carbocycles. The molecule has 4 atom stereocenters. The fourth-order valence-corrected chi connectivity index (χ4v) is 3.54. The molecule has 1 saturated heterocycles. The minimum Gasteiger partial charge on any atom is -0.472 e. The molecule has 190 valence electrons. The van der Waals surface area contributed by atoms with Crippen LogP contribution in [0.2, 0.25) is 0 Å². The maximum atomic E-state index is 12.8. The van der Waals surface area contributed by atoms with Crippen LogP contribution in [0.4, 0.5) is 5.95 Å². The predicted molar refractivity (Wildman–Crippen MR) is 127 cm³/mol. The number of benzene rings is 1. The molecule has 36 heavy (non-hydrogen) atoms. The third kappa shape index (κ3) is 5.20. The zero-order valence-electron chi connectivity index (χ0n) is 19.8. The number of carbonyl (C=O) groups is 2. The number of aromatic nitrogens is 4. The highest BCUT2D eigenvalue weighted by atomic mass is 16.6. The molecule has 1 aliphatic heterocycles. The Labute approximate surface area is 206 Å². The Hall–Kier alpha value is -3.87. The summed E-state index contributed by atoms with van der Waals surface area (Å²) < 4.78 is 18.4. The van der Waals surface area contributed by atoms with Gasteiger partial charge in [-0.25, -0.2) is 9.78 Å². The maximum absolute atomic E-state index is 12.8. The van der Waals surface area contributed by atoms with E-state index < -0.39 is 30.5 Å². The number of nitrogens with one attached hydrogen (secondary N) is 1. The number of aliphatic hydroxyl groups is 2. The first-order valence-corrected chi connectivity index (χ1v) is 11.3. The van der Waals surface area contributed by atoms with Crippen molar-refractivity contribution in [3.63, 3.8) is 0 Å². The molecule has 1 amide bonds. The summed E-state index contributed by atoms with van der Waals surface area (Å²) in [5.74, 6) is -1.28. The average Bonchev–Trinajstić information content (AvgIpc) is 3.29. The lowest BCUT2D eigenvalue weighted by atomic mass is 10.0. The molecule has 1 aliphatic rings. The predicted octanol–water partition coefficient (Wildman–Crippen LogP) is 1.46. The monoisotopic (exact) mass is 497 g/mol. The van der Waals surface area contributed by atoms with Crippen LogP contribution < -0.4 is 10.1 Å². The van der Waals surface area contributed by atoms with Crippen LogP contribution in [-0.2, 0) is 14.3 Å². The van der Waals surface area contributed by atoms with E-state index in [1.54, 1.807) is 44.2 Å². The third-order valence-electron chi connectivity index (χ3n) is 5.46. The number of esters is 1. The van der Waals surface area contributed by atoms with Gasteiger partial charge >= 0.3 is 5.97 Å². The van der Waals surface area contributed by atoms with Crippen LogP contribution in [0.5, 0.6) is 5.88 Å². The van der Waals surface area contributed by atoms with E-state index in [0.717, 1.165) is 0 Å². The first-order chi connectivity index (χ1) is 17.3. The van der Waals surface area contributed by atoms with Crippen molar-refractivity contribution in [1.29, 1.82) is 0 Å². The van der Waals surface area contributed by atoms with Crippen molar-refractivity contribution in [3.8, 4) is 5.88 Å². The summed E-state index contributed by atoms with van der Waals surface area (Å²) in [7, 11) is 0. The number of aliphatic hydroxyl groups excluding tert-OH is 2. The molecule has 0 radical (unpaired) electrons. The maximum Gasteiger partial charge on any atom is 0.338 e. The quantitative estimate of drug-likeness (QED) is 0.307. The van der Waals surface area contributed by atoms with E-state index in [-0.39, 0.29) is 53.6 Å². The van der Waals surface area contributed by atoms with Gasteiger partial charge in [0.15, 0.2) is 23.5 Å². The number of anilines is 1. The zero-order valence-corrected chi connectivity index (χ0v) is 19.8. The summed E-state index contributed by atoms with van der Waals surface area (Å²) in [5.41, 5.74) is 0.703. The largest absolute Gasteiger partial charge is 0.472 e. The molecule has 0 spiro atoms. The Morgan fingerprint density at radius 3 is 2.72 bits per heavy atom. The topological polar surface area (TPSA) is 158 Å². The van der Waals surface area contributed by atoms with Crippen LogP contribution in [-0.4, -0.2) is 73.1 Å². The minimum absolute atomic E-state index is 0.0313. The molecule has 1 fully saturated rings. The van der Waals surface area contributed by atoms with Gasteiger partial charge in [-0.2, -0.15) is 9.97 Å². The van der Waals surface area contributed by atoms with Crippen molar-refractivity contribution in [2.24, 2.45) is 5.92 Å². The van der Waals surface area contributed by atoms with Crippen LogP contribution in [0, 0.1) is 5.92 Å². The fraction of sp³-hybridized carbons (Fsp3) is 0.375. The smallest absolute Gasteiger partial charge is 0.338 e. The Morgan fingerprint density at radius 1 is 1.28 bits per heavy atom. The number of rotatable bonds is 8. The molecule has 12 heteroatoms. The molecule has 3 heterocycles. The van der Waals surface area contributed by atoms with Gasteiger partial charge in [0.2, 0.25) is 17.7 Å². The minimum atomic E-state index is -1.45. The number of ether oxygens (including phenoxy) is 3. The van der Waals surface area contributed by atoms with E-state index in [1.807, 2.05) is 0 Å². The first kappa shape index (κ1) is 25.2. The normalized spacial score (nSPS) is 21.8. The van der Waals surface area contributed by atoms with Crippen LogP contribution in [0.3, 0.4) is 0 Å². The van der Waals surface area contributed by atoms with E-state index >= 15 is 0 Å². The molecular formula is C24H27N5O7. The number of hydrogen-bond acceptors (Lipinski definition) is 10. The SMILES string of the molecule is C=CCOc1nc(NC(=O)C(C)C)nc2c1ncn2C1OC[C@H](O)[C@H](O)[C@H]1OC(=O)c1ccccc1. The van der Waals surface area contributed by atoms with Crippen LogP contribution in [0.25, 0.3) is 11.2 Å². The van der Waals surface area contributed by atoms with Crippen LogP contribution in [0.1, 0.15) is 30.4 Å². The van der Waals surface area contributed by atoms with Gasteiger partial charge in [-0.3, -0.25) is 14.7 Å². The van der Waals surface area contributed by atoms with Crippen molar-refractivity contribution in [2.45, 2.75) is 38.4 Å². The highest BCUT2D eigenvalue weighted by Crippen LogP contribution is 2.32. The van der Waals surface area contributed by atoms with Crippen molar-refractivity contribution in [3.05, 3.63) is 54.9 Å². The van der Waals surface area contributed by atoms with E-state index in [0.29, 0.717) is 0 Å². The van der Waals surface area contributed by atoms with Gasteiger partial charge in [-0.15, -0.1) is 0 Å². The Bertz CT molecular complexity index is 1250. The standard InChI is InChI=1S/C24H27N5O7/c1-4-10-34-21-16-19(26-24(28-21)27-20(32)13(2)3)29(12-25-16)22-18(17(31)15(30)11-35-22)36-23(33)14-8-6-5-7-9-14/h4-9,12-13,15,17-18,22,30-31H,1,10-11H2,2-3H3,(H,26,27,28,32)/t15-,17-,18+,22?/m0/s1. The average molecular weight is 498 g/mol. The number of fused-ring (bicyclic) bond motifs is 1. The number of hydrogen-bond donors (Lipinski definition) is 3. The van der Waals surface area contributed by atoms with Gasteiger partial charge in [-0.05, 0) is 12.1 Å². The molecule has 1 aromatic carbocycles. The summed E-state index contributed by atoms with van der Waals surface area (Å²) >= 11 is 0. The molecule has 2 aromatic heterocycles. The molecular weight excluding hydrogens is 470 g/mol. The Balaban J connectivity index is 1.74. The Kier molecular flexibility index (Phi) is 7.58. The first-order valence-electron chi connectivity index (χ1n) is 11.3. The van der Waals surface area contributed by atoms with Gasteiger partial charge in [0.1, 0.15) is 18.8 Å². The number of imidazole rings is 1. The van der Waals surface area contributed by atoms with Gasteiger partial charge in [0, 0.05) is 5.92 Å². The van der Waals surface area contributed by atoms with Crippen LogP contribution in [0.15, 0.2) is 49.3 Å². The van der Waals surface area contributed by atoms with Crippen LogP contribution >= 0.6 is 0 Å². The molecule has 1 unspecified atom stereocenters. The summed E-state index contributed by atoms with van der Waals surface area (Å²) in [6, 6.07) is 8.23. The van der Waals surface area contributed by atoms with E-state index in [2.05, 4.69) is 26.8 Å². The van der Waals surface area contributed by atoms with E-state index in [4.69, 9.17) is 14.2 Å². The second kappa shape index (κ2) is 10.8. The molecule has 12 nitrogen and oxygen atoms in total. The number of amides is 1. The van der Waals surface area contributed by atoms with Gasteiger partial charge < -0.3 is 24.4 Å². The number of carbonyl (C=O) groups excluding carboxylic acids is 2. The summed E-state index contributed by atoms with van der Waals surface area (Å²) in [5, 5.41) is 23.5. The summed E-state index contributed by atoms with van der Waals surface area (Å²) in [4.78, 5) is 38.0. The Morgan fingerprint density at radius 2 is 2.03 bits per heavy atom. The zero-order chi connectivity index (χ0) is 25.8. The van der Waals surface area contributed by atoms with Crippen molar-refractivity contribution in [1.82, 2.24) is 19.5 Å². The lowest BCUT2D eigenvalue weighted by Gasteiger charge is -2.38. The molecule has 0 aliphatic carbocycles. The van der Waals surface area contributed by atoms with Crippen molar-refractivity contribution < 1.29 is 34.0 Å². The lowest BCUT2D eigenvalue weighted by molar-refractivity contribution is -0.210. The van der Waals surface area contributed by atoms with Crippen molar-refractivity contribution >= 4 is 29.0 Å². The molecule has 4 rings (SSSR count). The second-order valence-corrected chi connectivity index (χ2v) is 8.44. The lowest BCUT2D eigenvalue weighted by Crippen LogP contribution is -2.52. The number of nitrogens with zero attached hydrogens (tertiary/aromatic N) is 4. The summed E-state index contributed by atoms with van der Waals surface area (Å²) in [6.45, 7) is 6.96.